The highest BCUT2D eigenvalue weighted by Gasteiger charge is 2.17. The number of thiazole rings is 1. The number of amides is 2. The van der Waals surface area contributed by atoms with Crippen molar-refractivity contribution in [2.45, 2.75) is 19.8 Å². The van der Waals surface area contributed by atoms with Crippen LogP contribution >= 0.6 is 11.3 Å². The minimum absolute atomic E-state index is 0.121. The lowest BCUT2D eigenvalue weighted by Crippen LogP contribution is -2.27. The number of aryl methyl sites for hydroxylation is 1. The van der Waals surface area contributed by atoms with Gasteiger partial charge in [-0.2, -0.15) is 4.99 Å². The van der Waals surface area contributed by atoms with Gasteiger partial charge < -0.3 is 4.90 Å². The van der Waals surface area contributed by atoms with Crippen LogP contribution in [0.5, 0.6) is 0 Å². The predicted octanol–water partition coefficient (Wildman–Crippen LogP) is 4.12. The fraction of sp³-hybridized carbons (Fsp3) is 0.263. The molecule has 5 heteroatoms. The van der Waals surface area contributed by atoms with Gasteiger partial charge in [0.05, 0.1) is 0 Å². The average Bonchev–Trinajstić information content (AvgIpc) is 3.24. The number of hydrogen-bond donors (Lipinski definition) is 0. The molecule has 1 saturated heterocycles. The molecule has 4 rings (SSSR count). The van der Waals surface area contributed by atoms with Crippen molar-refractivity contribution in [1.82, 2.24) is 9.47 Å². The first-order valence-electron chi connectivity index (χ1n) is 8.23. The minimum atomic E-state index is -0.121. The zero-order valence-electron chi connectivity index (χ0n) is 13.6. The molecule has 0 atom stereocenters. The largest absolute Gasteiger partial charge is 0.346 e. The molecule has 2 aromatic carbocycles. The number of likely N-dealkylation sites (tertiary alicyclic amines) is 1. The standard InChI is InChI=1S/C19H19N3OS/c1-14-13-22(17-9-8-15-6-2-3-7-16(15)12-17)19(24-14)20-18(23)21-10-4-5-11-21/h2-3,6-9,12-13H,4-5,10-11H2,1H3. The average molecular weight is 337 g/mol. The Balaban J connectivity index is 1.78. The second kappa shape index (κ2) is 6.24. The Kier molecular flexibility index (Phi) is 3.94. The van der Waals surface area contributed by atoms with E-state index in [1.807, 2.05) is 34.7 Å². The number of carbonyl (C=O) groups is 1. The molecule has 0 aliphatic carbocycles. The van der Waals surface area contributed by atoms with Gasteiger partial charge in [0.1, 0.15) is 0 Å². The van der Waals surface area contributed by atoms with Crippen LogP contribution in [0.3, 0.4) is 0 Å². The fourth-order valence-corrected chi connectivity index (χ4v) is 3.93. The molecule has 4 nitrogen and oxygen atoms in total. The van der Waals surface area contributed by atoms with Crippen LogP contribution in [-0.2, 0) is 0 Å². The van der Waals surface area contributed by atoms with E-state index >= 15 is 0 Å². The molecular formula is C19H19N3OS. The summed E-state index contributed by atoms with van der Waals surface area (Å²) in [7, 11) is 0. The van der Waals surface area contributed by atoms with Crippen molar-refractivity contribution in [2.24, 2.45) is 4.99 Å². The van der Waals surface area contributed by atoms with Crippen LogP contribution in [0.25, 0.3) is 16.5 Å². The summed E-state index contributed by atoms with van der Waals surface area (Å²) in [6, 6.07) is 14.5. The Morgan fingerprint density at radius 2 is 1.83 bits per heavy atom. The summed E-state index contributed by atoms with van der Waals surface area (Å²) in [6.45, 7) is 3.69. The third-order valence-electron chi connectivity index (χ3n) is 4.35. The molecule has 2 amide bonds. The van der Waals surface area contributed by atoms with Crippen LogP contribution in [0.2, 0.25) is 0 Å². The molecule has 0 saturated carbocycles. The molecule has 0 unspecified atom stereocenters. The zero-order valence-corrected chi connectivity index (χ0v) is 14.4. The summed E-state index contributed by atoms with van der Waals surface area (Å²) in [6.07, 6.45) is 4.20. The third kappa shape index (κ3) is 2.87. The zero-order chi connectivity index (χ0) is 16.5. The lowest BCUT2D eigenvalue weighted by atomic mass is 10.1. The summed E-state index contributed by atoms with van der Waals surface area (Å²) < 4.78 is 2.01. The van der Waals surface area contributed by atoms with Crippen LogP contribution in [0.1, 0.15) is 17.7 Å². The molecule has 1 fully saturated rings. The fourth-order valence-electron chi connectivity index (χ4n) is 3.11. The van der Waals surface area contributed by atoms with E-state index in [4.69, 9.17) is 0 Å². The Hall–Kier alpha value is -2.40. The Morgan fingerprint density at radius 3 is 2.62 bits per heavy atom. The monoisotopic (exact) mass is 337 g/mol. The van der Waals surface area contributed by atoms with E-state index in [1.54, 1.807) is 11.3 Å². The summed E-state index contributed by atoms with van der Waals surface area (Å²) in [5, 5.41) is 2.39. The van der Waals surface area contributed by atoms with Crippen molar-refractivity contribution in [3.63, 3.8) is 0 Å². The SMILES string of the molecule is Cc1cn(-c2ccc3ccccc3c2)c(=NC(=O)N2CCCC2)s1. The first-order valence-corrected chi connectivity index (χ1v) is 9.04. The maximum atomic E-state index is 12.4. The molecule has 1 aliphatic heterocycles. The van der Waals surface area contributed by atoms with E-state index in [-0.39, 0.29) is 6.03 Å². The van der Waals surface area contributed by atoms with E-state index in [1.165, 1.54) is 10.8 Å². The van der Waals surface area contributed by atoms with Crippen molar-refractivity contribution in [3.8, 4) is 5.69 Å². The van der Waals surface area contributed by atoms with Crippen molar-refractivity contribution >= 4 is 28.1 Å². The molecule has 0 spiro atoms. The summed E-state index contributed by atoms with van der Waals surface area (Å²) in [5.41, 5.74) is 1.03. The predicted molar refractivity (Wildman–Crippen MR) is 97.7 cm³/mol. The van der Waals surface area contributed by atoms with Crippen LogP contribution in [0, 0.1) is 6.92 Å². The maximum absolute atomic E-state index is 12.4. The highest BCUT2D eigenvalue weighted by molar-refractivity contribution is 7.09. The molecule has 0 N–H and O–H groups in total. The number of hydrogen-bond acceptors (Lipinski definition) is 2. The van der Waals surface area contributed by atoms with Gasteiger partial charge in [-0.3, -0.25) is 4.57 Å². The van der Waals surface area contributed by atoms with Gasteiger partial charge in [0.25, 0.3) is 0 Å². The van der Waals surface area contributed by atoms with Gasteiger partial charge in [0.15, 0.2) is 4.80 Å². The molecule has 1 aromatic heterocycles. The quantitative estimate of drug-likeness (QED) is 0.658. The van der Waals surface area contributed by atoms with Crippen LogP contribution in [0.4, 0.5) is 4.79 Å². The van der Waals surface area contributed by atoms with E-state index in [2.05, 4.69) is 35.3 Å². The summed E-state index contributed by atoms with van der Waals surface area (Å²) in [4.78, 5) is 20.5. The van der Waals surface area contributed by atoms with Gasteiger partial charge in [-0.1, -0.05) is 30.3 Å². The van der Waals surface area contributed by atoms with Gasteiger partial charge in [0, 0.05) is 29.9 Å². The number of aromatic nitrogens is 1. The van der Waals surface area contributed by atoms with Gasteiger partial charge in [-0.25, -0.2) is 4.79 Å². The Bertz CT molecular complexity index is 964. The second-order valence-corrected chi connectivity index (χ2v) is 7.33. The van der Waals surface area contributed by atoms with E-state index in [0.717, 1.165) is 41.3 Å². The number of carbonyl (C=O) groups excluding carboxylic acids is 1. The van der Waals surface area contributed by atoms with E-state index in [9.17, 15) is 4.79 Å². The first-order chi connectivity index (χ1) is 11.7. The van der Waals surface area contributed by atoms with Gasteiger partial charge >= 0.3 is 6.03 Å². The molecule has 0 bridgehead atoms. The molecule has 122 valence electrons. The number of benzene rings is 2. The molecule has 3 aromatic rings. The Labute approximate surface area is 144 Å². The summed E-state index contributed by atoms with van der Waals surface area (Å²) >= 11 is 1.55. The van der Waals surface area contributed by atoms with Crippen LogP contribution in [0.15, 0.2) is 53.7 Å². The highest BCUT2D eigenvalue weighted by atomic mass is 32.1. The lowest BCUT2D eigenvalue weighted by molar-refractivity contribution is 0.218. The van der Waals surface area contributed by atoms with Gasteiger partial charge in [-0.05, 0) is 42.7 Å². The molecule has 1 aliphatic rings. The molecule has 2 heterocycles. The molecular weight excluding hydrogens is 318 g/mol. The maximum Gasteiger partial charge on any atom is 0.346 e. The highest BCUT2D eigenvalue weighted by Crippen LogP contribution is 2.19. The first kappa shape index (κ1) is 15.1. The smallest absolute Gasteiger partial charge is 0.323 e. The number of fused-ring (bicyclic) bond motifs is 1. The van der Waals surface area contributed by atoms with Crippen molar-refractivity contribution in [1.29, 1.82) is 0 Å². The molecule has 0 radical (unpaired) electrons. The van der Waals surface area contributed by atoms with Crippen molar-refractivity contribution < 1.29 is 4.79 Å². The van der Waals surface area contributed by atoms with E-state index < -0.39 is 0 Å². The normalized spacial score (nSPS) is 15.4. The van der Waals surface area contributed by atoms with E-state index in [0.29, 0.717) is 0 Å². The van der Waals surface area contributed by atoms with Gasteiger partial charge in [0.2, 0.25) is 0 Å². The van der Waals surface area contributed by atoms with Gasteiger partial charge in [-0.15, -0.1) is 11.3 Å². The van der Waals surface area contributed by atoms with Crippen molar-refractivity contribution in [2.75, 3.05) is 13.1 Å². The second-order valence-electron chi connectivity index (χ2n) is 6.11. The minimum Gasteiger partial charge on any atom is -0.323 e. The van der Waals surface area contributed by atoms with Crippen molar-refractivity contribution in [3.05, 3.63) is 58.3 Å². The number of rotatable bonds is 1. The molecule has 24 heavy (non-hydrogen) atoms. The lowest BCUT2D eigenvalue weighted by Gasteiger charge is -2.10. The third-order valence-corrected chi connectivity index (χ3v) is 5.25. The number of urea groups is 1. The van der Waals surface area contributed by atoms with Crippen LogP contribution < -0.4 is 4.80 Å². The topological polar surface area (TPSA) is 37.6 Å². The van der Waals surface area contributed by atoms with Crippen LogP contribution in [-0.4, -0.2) is 28.6 Å². The Morgan fingerprint density at radius 1 is 1.08 bits per heavy atom. The summed E-state index contributed by atoms with van der Waals surface area (Å²) in [5.74, 6) is 0. The number of nitrogens with zero attached hydrogens (tertiary/aromatic N) is 3.